The van der Waals surface area contributed by atoms with Crippen LogP contribution in [0.25, 0.3) is 10.3 Å². The van der Waals surface area contributed by atoms with Gasteiger partial charge in [-0.2, -0.15) is 13.2 Å². The summed E-state index contributed by atoms with van der Waals surface area (Å²) >= 11 is 0.527. The summed E-state index contributed by atoms with van der Waals surface area (Å²) in [7, 11) is 0. The number of hydrogen-bond donors (Lipinski definition) is 1. The number of thiazole rings is 1. The number of hydrogen-bond acceptors (Lipinski definition) is 4. The molecule has 1 N–H and O–H groups in total. The van der Waals surface area contributed by atoms with Gasteiger partial charge in [0, 0.05) is 5.56 Å². The number of anilines is 1. The van der Waals surface area contributed by atoms with E-state index in [1.165, 1.54) is 6.20 Å². The van der Waals surface area contributed by atoms with Crippen molar-refractivity contribution in [1.82, 2.24) is 9.97 Å². The summed E-state index contributed by atoms with van der Waals surface area (Å²) in [6.45, 7) is 0. The average molecular weight is 287 g/mol. The van der Waals surface area contributed by atoms with E-state index in [0.717, 1.165) is 12.8 Å². The molecular weight excluding hydrogens is 279 g/mol. The zero-order valence-electron chi connectivity index (χ0n) is 9.49. The highest BCUT2D eigenvalue weighted by atomic mass is 32.1. The van der Waals surface area contributed by atoms with E-state index in [2.05, 4.69) is 15.3 Å². The molecular formula is C11H8F3N3OS. The first-order valence-corrected chi connectivity index (χ1v) is 6.39. The molecule has 0 bridgehead atoms. The Hall–Kier alpha value is -1.70. The van der Waals surface area contributed by atoms with Crippen LogP contribution < -0.4 is 5.32 Å². The van der Waals surface area contributed by atoms with Crippen LogP contribution in [0.1, 0.15) is 29.3 Å². The van der Waals surface area contributed by atoms with Crippen molar-refractivity contribution in [3.63, 3.8) is 0 Å². The molecule has 4 nitrogen and oxygen atoms in total. The Balaban J connectivity index is 2.21. The summed E-state index contributed by atoms with van der Waals surface area (Å²) < 4.78 is 38.0. The van der Waals surface area contributed by atoms with Gasteiger partial charge >= 0.3 is 6.18 Å². The molecule has 2 aromatic heterocycles. The monoisotopic (exact) mass is 287 g/mol. The zero-order valence-corrected chi connectivity index (χ0v) is 10.3. The lowest BCUT2D eigenvalue weighted by molar-refractivity contribution is -0.137. The Morgan fingerprint density at radius 3 is 2.74 bits per heavy atom. The third-order valence-corrected chi connectivity index (χ3v) is 3.92. The molecule has 0 unspecified atom stereocenters. The van der Waals surface area contributed by atoms with Gasteiger partial charge in [0.2, 0.25) is 11.4 Å². The Morgan fingerprint density at radius 1 is 1.42 bits per heavy atom. The molecule has 0 aliphatic heterocycles. The van der Waals surface area contributed by atoms with Crippen LogP contribution in [-0.2, 0) is 11.0 Å². The van der Waals surface area contributed by atoms with E-state index in [-0.39, 0.29) is 16.3 Å². The minimum absolute atomic E-state index is 0.163. The molecule has 0 atom stereocenters. The predicted molar refractivity (Wildman–Crippen MR) is 64.1 cm³/mol. The van der Waals surface area contributed by atoms with Gasteiger partial charge in [-0.05, 0) is 18.8 Å². The second-order valence-corrected chi connectivity index (χ2v) is 5.27. The van der Waals surface area contributed by atoms with Crippen LogP contribution in [0.3, 0.4) is 0 Å². The number of rotatable bonds is 3. The Morgan fingerprint density at radius 2 is 2.16 bits per heavy atom. The summed E-state index contributed by atoms with van der Waals surface area (Å²) in [6.07, 6.45) is -0.796. The van der Waals surface area contributed by atoms with Gasteiger partial charge in [0.05, 0.1) is 11.9 Å². The van der Waals surface area contributed by atoms with Crippen molar-refractivity contribution in [2.75, 3.05) is 5.32 Å². The number of halogens is 3. The van der Waals surface area contributed by atoms with Crippen LogP contribution in [0.15, 0.2) is 6.20 Å². The number of pyridine rings is 1. The van der Waals surface area contributed by atoms with E-state index in [9.17, 15) is 18.0 Å². The third kappa shape index (κ3) is 2.16. The van der Waals surface area contributed by atoms with Crippen molar-refractivity contribution in [3.8, 4) is 0 Å². The van der Waals surface area contributed by atoms with E-state index in [1.807, 2.05) is 0 Å². The molecule has 1 fully saturated rings. The lowest BCUT2D eigenvalue weighted by Gasteiger charge is -2.06. The molecule has 19 heavy (non-hydrogen) atoms. The molecule has 0 aromatic carbocycles. The van der Waals surface area contributed by atoms with Crippen molar-refractivity contribution < 1.29 is 18.0 Å². The van der Waals surface area contributed by atoms with Crippen LogP contribution in [0, 0.1) is 0 Å². The van der Waals surface area contributed by atoms with Crippen molar-refractivity contribution >= 4 is 33.8 Å². The number of aromatic nitrogens is 2. The fraction of sp³-hybridized carbons (Fsp3) is 0.364. The number of amides is 1. The summed E-state index contributed by atoms with van der Waals surface area (Å²) in [5.41, 5.74) is 1.37. The fourth-order valence-electron chi connectivity index (χ4n) is 1.98. The number of nitrogens with zero attached hydrogens (tertiary/aromatic N) is 2. The average Bonchev–Trinajstić information content (AvgIpc) is 3.05. The molecule has 2 heterocycles. The summed E-state index contributed by atoms with van der Waals surface area (Å²) in [5.74, 6) is 0.163. The van der Waals surface area contributed by atoms with Gasteiger partial charge in [0.25, 0.3) is 0 Å². The maximum Gasteiger partial charge on any atom is 0.443 e. The Kier molecular flexibility index (Phi) is 2.70. The highest BCUT2D eigenvalue weighted by Crippen LogP contribution is 2.47. The van der Waals surface area contributed by atoms with E-state index in [1.54, 1.807) is 0 Å². The minimum Gasteiger partial charge on any atom is -0.327 e. The second-order valence-electron chi connectivity index (χ2n) is 4.29. The van der Waals surface area contributed by atoms with Gasteiger partial charge < -0.3 is 5.32 Å². The minimum atomic E-state index is -4.47. The standard InChI is InChI=1S/C11H8F3N3OS/c12-11(13,14)10-17-8-7(5-1-2-5)6(16-4-18)3-15-9(8)19-10/h3-5H,1-2H2,(H,16,18). The largest absolute Gasteiger partial charge is 0.443 e. The molecule has 3 rings (SSSR count). The number of nitrogens with one attached hydrogen (secondary N) is 1. The summed E-state index contributed by atoms with van der Waals surface area (Å²) in [6, 6.07) is 0. The van der Waals surface area contributed by atoms with E-state index >= 15 is 0 Å². The smallest absolute Gasteiger partial charge is 0.327 e. The zero-order chi connectivity index (χ0) is 13.6. The topological polar surface area (TPSA) is 54.9 Å². The molecule has 1 saturated carbocycles. The van der Waals surface area contributed by atoms with Crippen molar-refractivity contribution in [1.29, 1.82) is 0 Å². The van der Waals surface area contributed by atoms with Gasteiger partial charge in [-0.25, -0.2) is 9.97 Å². The van der Waals surface area contributed by atoms with Gasteiger partial charge in [0.15, 0.2) is 0 Å². The first-order valence-electron chi connectivity index (χ1n) is 5.57. The number of carbonyl (C=O) groups excluding carboxylic acids is 1. The van der Waals surface area contributed by atoms with Crippen LogP contribution in [0.5, 0.6) is 0 Å². The molecule has 2 aromatic rings. The maximum absolute atomic E-state index is 12.7. The van der Waals surface area contributed by atoms with E-state index < -0.39 is 11.2 Å². The number of fused-ring (bicyclic) bond motifs is 1. The fourth-order valence-corrected chi connectivity index (χ4v) is 2.77. The Bertz CT molecular complexity index is 648. The first-order chi connectivity index (χ1) is 9.00. The lowest BCUT2D eigenvalue weighted by atomic mass is 10.1. The lowest BCUT2D eigenvalue weighted by Crippen LogP contribution is -2.04. The van der Waals surface area contributed by atoms with Gasteiger partial charge in [0.1, 0.15) is 10.3 Å². The molecule has 8 heteroatoms. The third-order valence-electron chi connectivity index (χ3n) is 2.91. The number of carbonyl (C=O) groups is 1. The summed E-state index contributed by atoms with van der Waals surface area (Å²) in [5, 5.41) is 1.58. The van der Waals surface area contributed by atoms with E-state index in [4.69, 9.17) is 0 Å². The molecule has 0 radical (unpaired) electrons. The molecule has 1 aliphatic rings. The molecule has 100 valence electrons. The van der Waals surface area contributed by atoms with Gasteiger partial charge in [-0.3, -0.25) is 4.79 Å². The highest BCUT2D eigenvalue weighted by Gasteiger charge is 2.37. The van der Waals surface area contributed by atoms with Crippen LogP contribution in [0.4, 0.5) is 18.9 Å². The number of alkyl halides is 3. The van der Waals surface area contributed by atoms with Crippen molar-refractivity contribution in [2.24, 2.45) is 0 Å². The van der Waals surface area contributed by atoms with Gasteiger partial charge in [-0.15, -0.1) is 0 Å². The predicted octanol–water partition coefficient (Wildman–Crippen LogP) is 3.16. The molecule has 0 saturated heterocycles. The Labute approximate surface area is 109 Å². The second kappa shape index (κ2) is 4.16. The van der Waals surface area contributed by atoms with Crippen molar-refractivity contribution in [2.45, 2.75) is 24.9 Å². The first kappa shape index (κ1) is 12.3. The maximum atomic E-state index is 12.7. The molecule has 0 spiro atoms. The van der Waals surface area contributed by atoms with Crippen molar-refractivity contribution in [3.05, 3.63) is 16.8 Å². The molecule has 1 aliphatic carbocycles. The van der Waals surface area contributed by atoms with Crippen LogP contribution in [0.2, 0.25) is 0 Å². The highest BCUT2D eigenvalue weighted by molar-refractivity contribution is 7.18. The normalized spacial score (nSPS) is 15.7. The SMILES string of the molecule is O=CNc1cnc2sc(C(F)(F)F)nc2c1C1CC1. The molecule has 1 amide bonds. The van der Waals surface area contributed by atoms with Crippen LogP contribution >= 0.6 is 11.3 Å². The van der Waals surface area contributed by atoms with Crippen LogP contribution in [-0.4, -0.2) is 16.4 Å². The van der Waals surface area contributed by atoms with E-state index in [0.29, 0.717) is 29.0 Å². The van der Waals surface area contributed by atoms with Gasteiger partial charge in [-0.1, -0.05) is 11.3 Å². The summed E-state index contributed by atoms with van der Waals surface area (Å²) in [4.78, 5) is 18.4. The quantitative estimate of drug-likeness (QED) is 0.882.